The summed E-state index contributed by atoms with van der Waals surface area (Å²) in [6.45, 7) is 9.62. The van der Waals surface area contributed by atoms with Gasteiger partial charge in [-0.1, -0.05) is 6.92 Å². The Morgan fingerprint density at radius 1 is 1.28 bits per heavy atom. The lowest BCUT2D eigenvalue weighted by molar-refractivity contribution is 0.266. The van der Waals surface area contributed by atoms with Gasteiger partial charge in [-0.05, 0) is 43.5 Å². The van der Waals surface area contributed by atoms with E-state index < -0.39 is 0 Å². The van der Waals surface area contributed by atoms with E-state index in [0.29, 0.717) is 0 Å². The molecule has 2 saturated heterocycles. The molecule has 0 amide bonds. The lowest BCUT2D eigenvalue weighted by Crippen LogP contribution is -2.46. The van der Waals surface area contributed by atoms with Crippen molar-refractivity contribution >= 4 is 11.8 Å². The average Bonchev–Trinajstić information content (AvgIpc) is 2.63. The van der Waals surface area contributed by atoms with Crippen LogP contribution in [0.4, 0.5) is 5.82 Å². The van der Waals surface area contributed by atoms with Crippen LogP contribution in [-0.2, 0) is 6.54 Å². The van der Waals surface area contributed by atoms with Crippen molar-refractivity contribution in [1.82, 2.24) is 20.1 Å². The highest BCUT2D eigenvalue weighted by atomic mass is 15.3. The summed E-state index contributed by atoms with van der Waals surface area (Å²) in [6, 6.07) is 4.31. The van der Waals surface area contributed by atoms with E-state index >= 15 is 0 Å². The third kappa shape index (κ3) is 4.84. The van der Waals surface area contributed by atoms with E-state index in [2.05, 4.69) is 56.1 Å². The first-order chi connectivity index (χ1) is 12.2. The van der Waals surface area contributed by atoms with Crippen LogP contribution in [0.25, 0.3) is 0 Å². The fourth-order valence-electron chi connectivity index (χ4n) is 3.67. The summed E-state index contributed by atoms with van der Waals surface area (Å²) in [6.07, 6.45) is 4.51. The number of guanidine groups is 1. The van der Waals surface area contributed by atoms with Crippen LogP contribution in [0.2, 0.25) is 0 Å². The maximum absolute atomic E-state index is 4.57. The Hall–Kier alpha value is -1.82. The molecule has 1 atom stereocenters. The van der Waals surface area contributed by atoms with E-state index in [1.807, 2.05) is 13.2 Å². The van der Waals surface area contributed by atoms with E-state index in [0.717, 1.165) is 63.5 Å². The first-order valence-electron chi connectivity index (χ1n) is 9.49. The van der Waals surface area contributed by atoms with Gasteiger partial charge in [-0.2, -0.15) is 0 Å². The van der Waals surface area contributed by atoms with Crippen molar-refractivity contribution in [2.24, 2.45) is 10.9 Å². The molecule has 0 spiro atoms. The fourth-order valence-corrected chi connectivity index (χ4v) is 3.67. The van der Waals surface area contributed by atoms with Gasteiger partial charge in [0, 0.05) is 59.1 Å². The van der Waals surface area contributed by atoms with Crippen molar-refractivity contribution in [3.63, 3.8) is 0 Å². The van der Waals surface area contributed by atoms with E-state index in [4.69, 9.17) is 0 Å². The highest BCUT2D eigenvalue weighted by molar-refractivity contribution is 5.80. The first kappa shape index (κ1) is 18.0. The van der Waals surface area contributed by atoms with Gasteiger partial charge in [0.1, 0.15) is 5.82 Å². The summed E-state index contributed by atoms with van der Waals surface area (Å²) < 4.78 is 0. The SMILES string of the molecule is CN=C(NCc1ccnc(N2CCN(C)CC2)c1)N1CCCC(C)C1. The largest absolute Gasteiger partial charge is 0.354 e. The van der Waals surface area contributed by atoms with Crippen molar-refractivity contribution in [2.75, 3.05) is 58.3 Å². The molecule has 2 aliphatic rings. The molecule has 1 N–H and O–H groups in total. The number of hydrogen-bond donors (Lipinski definition) is 1. The molecule has 0 bridgehead atoms. The summed E-state index contributed by atoms with van der Waals surface area (Å²) in [5.74, 6) is 2.86. The van der Waals surface area contributed by atoms with Gasteiger partial charge < -0.3 is 20.0 Å². The molecular weight excluding hydrogens is 312 g/mol. The number of aromatic nitrogens is 1. The molecule has 25 heavy (non-hydrogen) atoms. The number of anilines is 1. The minimum Gasteiger partial charge on any atom is -0.354 e. The Morgan fingerprint density at radius 2 is 2.08 bits per heavy atom. The number of rotatable bonds is 3. The maximum Gasteiger partial charge on any atom is 0.193 e. The Balaban J connectivity index is 1.58. The van der Waals surface area contributed by atoms with E-state index in [1.165, 1.54) is 18.4 Å². The summed E-state index contributed by atoms with van der Waals surface area (Å²) in [5.41, 5.74) is 1.26. The van der Waals surface area contributed by atoms with Gasteiger partial charge >= 0.3 is 0 Å². The normalized spacial score (nSPS) is 23.0. The standard InChI is InChI=1S/C19H32N6/c1-16-5-4-8-25(15-16)19(20-2)22-14-17-6-7-21-18(13-17)24-11-9-23(3)10-12-24/h6-7,13,16H,4-5,8-12,14-15H2,1-3H3,(H,20,22). The van der Waals surface area contributed by atoms with Crippen molar-refractivity contribution in [3.8, 4) is 0 Å². The lowest BCUT2D eigenvalue weighted by Gasteiger charge is -2.34. The highest BCUT2D eigenvalue weighted by Crippen LogP contribution is 2.17. The molecule has 2 aliphatic heterocycles. The van der Waals surface area contributed by atoms with Gasteiger partial charge in [0.15, 0.2) is 5.96 Å². The number of likely N-dealkylation sites (N-methyl/N-ethyl adjacent to an activating group) is 1. The van der Waals surface area contributed by atoms with Crippen LogP contribution in [0.15, 0.2) is 23.3 Å². The van der Waals surface area contributed by atoms with Gasteiger partial charge in [0.25, 0.3) is 0 Å². The summed E-state index contributed by atoms with van der Waals surface area (Å²) in [7, 11) is 4.06. The number of hydrogen-bond acceptors (Lipinski definition) is 4. The van der Waals surface area contributed by atoms with Crippen LogP contribution in [0.3, 0.4) is 0 Å². The van der Waals surface area contributed by atoms with Gasteiger partial charge in [0.2, 0.25) is 0 Å². The zero-order valence-corrected chi connectivity index (χ0v) is 15.9. The summed E-state index contributed by atoms with van der Waals surface area (Å²) >= 11 is 0. The molecule has 1 aromatic rings. The Bertz CT molecular complexity index is 579. The van der Waals surface area contributed by atoms with Crippen molar-refractivity contribution < 1.29 is 0 Å². The molecule has 6 heteroatoms. The predicted octanol–water partition coefficient (Wildman–Crippen LogP) is 1.64. The Morgan fingerprint density at radius 3 is 2.80 bits per heavy atom. The molecule has 138 valence electrons. The van der Waals surface area contributed by atoms with E-state index in [-0.39, 0.29) is 0 Å². The molecule has 3 rings (SSSR count). The van der Waals surface area contributed by atoms with E-state index in [1.54, 1.807) is 0 Å². The molecule has 0 aromatic carbocycles. The first-order valence-corrected chi connectivity index (χ1v) is 9.49. The highest BCUT2D eigenvalue weighted by Gasteiger charge is 2.19. The number of pyridine rings is 1. The summed E-state index contributed by atoms with van der Waals surface area (Å²) in [5, 5.41) is 3.53. The van der Waals surface area contributed by atoms with Gasteiger partial charge in [-0.3, -0.25) is 4.99 Å². The topological polar surface area (TPSA) is 47.0 Å². The number of nitrogens with one attached hydrogen (secondary N) is 1. The molecule has 1 aromatic heterocycles. The predicted molar refractivity (Wildman–Crippen MR) is 104 cm³/mol. The number of likely N-dealkylation sites (tertiary alicyclic amines) is 1. The van der Waals surface area contributed by atoms with Crippen molar-refractivity contribution in [2.45, 2.75) is 26.3 Å². The zero-order valence-electron chi connectivity index (χ0n) is 15.9. The molecule has 6 nitrogen and oxygen atoms in total. The molecule has 0 aliphatic carbocycles. The third-order valence-corrected chi connectivity index (χ3v) is 5.26. The lowest BCUT2D eigenvalue weighted by atomic mass is 10.0. The second kappa shape index (κ2) is 8.52. The van der Waals surface area contributed by atoms with Crippen molar-refractivity contribution in [3.05, 3.63) is 23.9 Å². The van der Waals surface area contributed by atoms with Crippen LogP contribution < -0.4 is 10.2 Å². The second-order valence-corrected chi connectivity index (χ2v) is 7.41. The Labute approximate surface area is 151 Å². The van der Waals surface area contributed by atoms with Crippen LogP contribution in [-0.4, -0.2) is 74.1 Å². The second-order valence-electron chi connectivity index (χ2n) is 7.41. The number of piperidine rings is 1. The third-order valence-electron chi connectivity index (χ3n) is 5.26. The van der Waals surface area contributed by atoms with Crippen LogP contribution in [0.5, 0.6) is 0 Å². The van der Waals surface area contributed by atoms with Crippen LogP contribution >= 0.6 is 0 Å². The number of aliphatic imine (C=N–C) groups is 1. The molecule has 1 unspecified atom stereocenters. The van der Waals surface area contributed by atoms with Crippen LogP contribution in [0, 0.1) is 5.92 Å². The minimum absolute atomic E-state index is 0.747. The fraction of sp³-hybridized carbons (Fsp3) is 0.684. The molecule has 3 heterocycles. The van der Waals surface area contributed by atoms with Gasteiger partial charge in [0.05, 0.1) is 0 Å². The molecular formula is C19H32N6. The summed E-state index contributed by atoms with van der Waals surface area (Å²) in [4.78, 5) is 16.2. The monoisotopic (exact) mass is 344 g/mol. The van der Waals surface area contributed by atoms with Crippen LogP contribution in [0.1, 0.15) is 25.3 Å². The maximum atomic E-state index is 4.57. The number of piperazine rings is 1. The van der Waals surface area contributed by atoms with Gasteiger partial charge in [-0.15, -0.1) is 0 Å². The quantitative estimate of drug-likeness (QED) is 0.667. The molecule has 0 saturated carbocycles. The number of nitrogens with zero attached hydrogens (tertiary/aromatic N) is 5. The minimum atomic E-state index is 0.747. The van der Waals surface area contributed by atoms with Crippen molar-refractivity contribution in [1.29, 1.82) is 0 Å². The Kier molecular flexibility index (Phi) is 6.13. The van der Waals surface area contributed by atoms with E-state index in [9.17, 15) is 0 Å². The zero-order chi connectivity index (χ0) is 17.6. The van der Waals surface area contributed by atoms with Gasteiger partial charge in [-0.25, -0.2) is 4.98 Å². The molecule has 2 fully saturated rings. The average molecular weight is 345 g/mol. The molecule has 0 radical (unpaired) electrons. The smallest absolute Gasteiger partial charge is 0.193 e.